The van der Waals surface area contributed by atoms with Gasteiger partial charge in [-0.1, -0.05) is 44.2 Å². The molecular formula is C35H30Br2N4O3. The van der Waals surface area contributed by atoms with Gasteiger partial charge in [-0.3, -0.25) is 4.79 Å². The van der Waals surface area contributed by atoms with Gasteiger partial charge in [-0.25, -0.2) is 4.98 Å². The summed E-state index contributed by atoms with van der Waals surface area (Å²) in [5.74, 6) is 2.06. The van der Waals surface area contributed by atoms with Crippen LogP contribution in [-0.2, 0) is 6.61 Å². The standard InChI is InChI=1S/C35H30Br2N4O3/c1-5-43-32-14-22(4)28(17-27(32)21(2)3)34-40-31-13-9-8-12-26(31)35(42)41(34)39-19-23-15-29(36)33(30(37)16-23)44-20-25-11-7-6-10-24(25)18-38/h6-17,19,21H,5,20H2,1-4H3. The van der Waals surface area contributed by atoms with Gasteiger partial charge in [-0.2, -0.15) is 15.0 Å². The summed E-state index contributed by atoms with van der Waals surface area (Å²) in [5.41, 5.74) is 5.18. The SMILES string of the molecule is CCOc1cc(C)c(-c2nc3ccccc3c(=O)n2N=Cc2cc(Br)c(OCc3ccccc3C#N)c(Br)c2)cc1C(C)C. The molecule has 0 bridgehead atoms. The van der Waals surface area contributed by atoms with Crippen LogP contribution in [0.15, 0.2) is 91.6 Å². The maximum Gasteiger partial charge on any atom is 0.282 e. The van der Waals surface area contributed by atoms with E-state index in [-0.39, 0.29) is 18.1 Å². The van der Waals surface area contributed by atoms with Gasteiger partial charge < -0.3 is 9.47 Å². The lowest BCUT2D eigenvalue weighted by molar-refractivity contribution is 0.302. The second kappa shape index (κ2) is 13.6. The molecule has 0 atom stereocenters. The highest BCUT2D eigenvalue weighted by Crippen LogP contribution is 2.36. The lowest BCUT2D eigenvalue weighted by Crippen LogP contribution is -2.21. The fraction of sp³-hybridized carbons (Fsp3) is 0.200. The number of benzene rings is 4. The predicted octanol–water partition coefficient (Wildman–Crippen LogP) is 8.75. The van der Waals surface area contributed by atoms with E-state index < -0.39 is 0 Å². The zero-order valence-corrected chi connectivity index (χ0v) is 27.9. The number of ether oxygens (including phenoxy) is 2. The average Bonchev–Trinajstić information content (AvgIpc) is 3.00. The number of nitriles is 1. The van der Waals surface area contributed by atoms with Crippen molar-refractivity contribution in [2.75, 3.05) is 6.61 Å². The first-order valence-electron chi connectivity index (χ1n) is 14.2. The van der Waals surface area contributed by atoms with Crippen molar-refractivity contribution in [3.63, 3.8) is 0 Å². The number of rotatable bonds is 9. The molecule has 44 heavy (non-hydrogen) atoms. The molecule has 0 aliphatic heterocycles. The molecule has 0 amide bonds. The number of aryl methyl sites for hydroxylation is 1. The van der Waals surface area contributed by atoms with Gasteiger partial charge in [0, 0.05) is 11.1 Å². The molecule has 0 fully saturated rings. The molecule has 0 radical (unpaired) electrons. The molecule has 1 heterocycles. The van der Waals surface area contributed by atoms with Crippen LogP contribution in [0.5, 0.6) is 11.5 Å². The molecule has 9 heteroatoms. The summed E-state index contributed by atoms with van der Waals surface area (Å²) in [6.45, 7) is 8.97. The van der Waals surface area contributed by atoms with Crippen molar-refractivity contribution >= 4 is 49.0 Å². The average molecular weight is 714 g/mol. The lowest BCUT2D eigenvalue weighted by atomic mass is 9.96. The van der Waals surface area contributed by atoms with E-state index in [1.54, 1.807) is 18.3 Å². The number of nitrogens with zero attached hydrogens (tertiary/aromatic N) is 4. The molecule has 222 valence electrons. The van der Waals surface area contributed by atoms with E-state index in [9.17, 15) is 10.1 Å². The topological polar surface area (TPSA) is 89.5 Å². The first kappa shape index (κ1) is 31.2. The lowest BCUT2D eigenvalue weighted by Gasteiger charge is -2.18. The van der Waals surface area contributed by atoms with Gasteiger partial charge in [0.1, 0.15) is 18.1 Å². The van der Waals surface area contributed by atoms with Crippen LogP contribution in [0.1, 0.15) is 54.5 Å². The Labute approximate surface area is 273 Å². The van der Waals surface area contributed by atoms with Crippen LogP contribution in [0.3, 0.4) is 0 Å². The molecule has 7 nitrogen and oxygen atoms in total. The second-order valence-electron chi connectivity index (χ2n) is 10.5. The molecular weight excluding hydrogens is 684 g/mol. The molecule has 5 rings (SSSR count). The van der Waals surface area contributed by atoms with Crippen molar-refractivity contribution in [1.82, 2.24) is 9.66 Å². The number of hydrogen-bond donors (Lipinski definition) is 0. The van der Waals surface area contributed by atoms with Crippen LogP contribution < -0.4 is 15.0 Å². The van der Waals surface area contributed by atoms with Crippen LogP contribution in [-0.4, -0.2) is 22.5 Å². The maximum atomic E-state index is 13.8. The highest BCUT2D eigenvalue weighted by atomic mass is 79.9. The maximum absolute atomic E-state index is 13.8. The van der Waals surface area contributed by atoms with Crippen molar-refractivity contribution < 1.29 is 9.47 Å². The van der Waals surface area contributed by atoms with Crippen molar-refractivity contribution in [3.8, 4) is 29.0 Å². The van der Waals surface area contributed by atoms with Crippen molar-refractivity contribution in [1.29, 1.82) is 5.26 Å². The Morgan fingerprint density at radius 3 is 2.43 bits per heavy atom. The van der Waals surface area contributed by atoms with E-state index in [1.807, 2.05) is 68.4 Å². The fourth-order valence-electron chi connectivity index (χ4n) is 4.90. The van der Waals surface area contributed by atoms with E-state index >= 15 is 0 Å². The summed E-state index contributed by atoms with van der Waals surface area (Å²) >= 11 is 7.22. The predicted molar refractivity (Wildman–Crippen MR) is 182 cm³/mol. The minimum Gasteiger partial charge on any atom is -0.494 e. The fourth-order valence-corrected chi connectivity index (χ4v) is 6.35. The zero-order chi connectivity index (χ0) is 31.4. The third-order valence-electron chi connectivity index (χ3n) is 7.13. The van der Waals surface area contributed by atoms with Gasteiger partial charge in [-0.15, -0.1) is 0 Å². The smallest absolute Gasteiger partial charge is 0.282 e. The first-order valence-corrected chi connectivity index (χ1v) is 15.7. The minimum absolute atomic E-state index is 0.198. The van der Waals surface area contributed by atoms with Gasteiger partial charge in [0.15, 0.2) is 5.82 Å². The molecule has 5 aromatic rings. The molecule has 1 aromatic heterocycles. The normalized spacial score (nSPS) is 11.3. The largest absolute Gasteiger partial charge is 0.494 e. The molecule has 0 unspecified atom stereocenters. The van der Waals surface area contributed by atoms with Crippen LogP contribution in [0, 0.1) is 18.3 Å². The number of aromatic nitrogens is 2. The summed E-state index contributed by atoms with van der Waals surface area (Å²) in [7, 11) is 0. The molecule has 4 aromatic carbocycles. The number of para-hydroxylation sites is 1. The Morgan fingerprint density at radius 2 is 1.73 bits per heavy atom. The van der Waals surface area contributed by atoms with Crippen molar-refractivity contribution in [2.45, 2.75) is 40.2 Å². The van der Waals surface area contributed by atoms with Gasteiger partial charge in [0.2, 0.25) is 0 Å². The summed E-state index contributed by atoms with van der Waals surface area (Å²) in [6, 6.07) is 24.6. The Morgan fingerprint density at radius 1 is 1.02 bits per heavy atom. The van der Waals surface area contributed by atoms with Crippen LogP contribution in [0.4, 0.5) is 0 Å². The molecule has 0 aliphatic carbocycles. The Kier molecular flexibility index (Phi) is 9.62. The summed E-state index contributed by atoms with van der Waals surface area (Å²) in [5, 5.41) is 14.5. The number of hydrogen-bond acceptors (Lipinski definition) is 6. The van der Waals surface area contributed by atoms with Crippen molar-refractivity contribution in [3.05, 3.63) is 120 Å². The Balaban J connectivity index is 1.57. The van der Waals surface area contributed by atoms with Gasteiger partial charge in [0.25, 0.3) is 5.56 Å². The minimum atomic E-state index is -0.268. The Bertz CT molecular complexity index is 1970. The van der Waals surface area contributed by atoms with E-state index in [1.165, 1.54) is 4.68 Å². The third kappa shape index (κ3) is 6.47. The first-order chi connectivity index (χ1) is 21.2. The zero-order valence-electron chi connectivity index (χ0n) is 24.8. The molecule has 0 N–H and O–H groups in total. The van der Waals surface area contributed by atoms with Crippen LogP contribution in [0.25, 0.3) is 22.3 Å². The third-order valence-corrected chi connectivity index (χ3v) is 8.30. The summed E-state index contributed by atoms with van der Waals surface area (Å²) in [4.78, 5) is 18.7. The Hall–Kier alpha value is -4.26. The quantitative estimate of drug-likeness (QED) is 0.143. The number of halogens is 2. The van der Waals surface area contributed by atoms with Crippen molar-refractivity contribution in [2.24, 2.45) is 5.10 Å². The second-order valence-corrected chi connectivity index (χ2v) is 12.2. The highest BCUT2D eigenvalue weighted by molar-refractivity contribution is 9.11. The van der Waals surface area contributed by atoms with Gasteiger partial charge in [0.05, 0.1) is 44.3 Å². The van der Waals surface area contributed by atoms with Crippen LogP contribution in [0.2, 0.25) is 0 Å². The van der Waals surface area contributed by atoms with E-state index in [2.05, 4.69) is 62.9 Å². The highest BCUT2D eigenvalue weighted by Gasteiger charge is 2.19. The molecule has 0 saturated carbocycles. The van der Waals surface area contributed by atoms with E-state index in [0.717, 1.165) is 33.6 Å². The summed E-state index contributed by atoms with van der Waals surface area (Å²) in [6.07, 6.45) is 1.62. The monoisotopic (exact) mass is 712 g/mol. The van der Waals surface area contributed by atoms with Gasteiger partial charge >= 0.3 is 0 Å². The summed E-state index contributed by atoms with van der Waals surface area (Å²) < 4.78 is 14.7. The van der Waals surface area contributed by atoms with E-state index in [4.69, 9.17) is 14.5 Å². The number of fused-ring (bicyclic) bond motifs is 1. The van der Waals surface area contributed by atoms with E-state index in [0.29, 0.717) is 43.6 Å². The molecule has 0 aliphatic rings. The molecule has 0 spiro atoms. The molecule has 0 saturated heterocycles. The van der Waals surface area contributed by atoms with Gasteiger partial charge in [-0.05, 0) is 111 Å². The van der Waals surface area contributed by atoms with Crippen LogP contribution >= 0.6 is 31.9 Å².